The fraction of sp³-hybridized carbons (Fsp3) is 0.909. The SMILES string of the molecule is CSC1(CNC2=NCC(C)N2)CCOCC1.I. The zero-order valence-electron chi connectivity index (χ0n) is 10.5. The lowest BCUT2D eigenvalue weighted by Gasteiger charge is -2.36. The number of hydrogen-bond acceptors (Lipinski definition) is 5. The number of aliphatic imine (C=N–C) groups is 1. The van der Waals surface area contributed by atoms with Gasteiger partial charge in [-0.15, -0.1) is 24.0 Å². The number of ether oxygens (including phenoxy) is 1. The Morgan fingerprint density at radius 1 is 1.53 bits per heavy atom. The van der Waals surface area contributed by atoms with E-state index in [0.717, 1.165) is 45.1 Å². The third kappa shape index (κ3) is 4.17. The Morgan fingerprint density at radius 2 is 2.24 bits per heavy atom. The minimum atomic E-state index is 0. The summed E-state index contributed by atoms with van der Waals surface area (Å²) in [7, 11) is 0. The Bertz CT molecular complexity index is 269. The second-order valence-corrected chi connectivity index (χ2v) is 5.86. The summed E-state index contributed by atoms with van der Waals surface area (Å²) < 4.78 is 5.76. The molecule has 0 aliphatic carbocycles. The lowest BCUT2D eigenvalue weighted by molar-refractivity contribution is 0.0783. The first-order valence-electron chi connectivity index (χ1n) is 5.92. The van der Waals surface area contributed by atoms with Crippen LogP contribution in [0, 0.1) is 0 Å². The minimum absolute atomic E-state index is 0. The van der Waals surface area contributed by atoms with E-state index in [2.05, 4.69) is 28.8 Å². The Balaban J connectivity index is 0.00000144. The zero-order valence-corrected chi connectivity index (χ0v) is 13.6. The maximum Gasteiger partial charge on any atom is 0.191 e. The van der Waals surface area contributed by atoms with Gasteiger partial charge in [-0.05, 0) is 26.0 Å². The summed E-state index contributed by atoms with van der Waals surface area (Å²) in [6.45, 7) is 5.79. The first-order valence-corrected chi connectivity index (χ1v) is 7.14. The molecule has 17 heavy (non-hydrogen) atoms. The van der Waals surface area contributed by atoms with Gasteiger partial charge in [-0.25, -0.2) is 0 Å². The van der Waals surface area contributed by atoms with Crippen molar-refractivity contribution in [2.24, 2.45) is 4.99 Å². The van der Waals surface area contributed by atoms with Crippen LogP contribution < -0.4 is 10.6 Å². The van der Waals surface area contributed by atoms with Gasteiger partial charge in [-0.3, -0.25) is 4.99 Å². The molecule has 1 fully saturated rings. The molecule has 0 spiro atoms. The Labute approximate surface area is 125 Å². The highest BCUT2D eigenvalue weighted by atomic mass is 127. The molecule has 1 unspecified atom stereocenters. The minimum Gasteiger partial charge on any atom is -0.381 e. The van der Waals surface area contributed by atoms with Crippen LogP contribution in [0.3, 0.4) is 0 Å². The van der Waals surface area contributed by atoms with Crippen molar-refractivity contribution >= 4 is 41.7 Å². The molecule has 2 aliphatic heterocycles. The lowest BCUT2D eigenvalue weighted by Crippen LogP contribution is -2.47. The molecule has 4 nitrogen and oxygen atoms in total. The van der Waals surface area contributed by atoms with Crippen molar-refractivity contribution in [1.29, 1.82) is 0 Å². The van der Waals surface area contributed by atoms with E-state index in [1.807, 2.05) is 11.8 Å². The van der Waals surface area contributed by atoms with Crippen molar-refractivity contribution in [3.8, 4) is 0 Å². The van der Waals surface area contributed by atoms with E-state index in [1.165, 1.54) is 0 Å². The maximum atomic E-state index is 5.43. The van der Waals surface area contributed by atoms with E-state index in [0.29, 0.717) is 10.8 Å². The van der Waals surface area contributed by atoms with Crippen LogP contribution >= 0.6 is 35.7 Å². The van der Waals surface area contributed by atoms with Gasteiger partial charge in [0.2, 0.25) is 0 Å². The molecule has 0 bridgehead atoms. The average molecular weight is 371 g/mol. The topological polar surface area (TPSA) is 45.7 Å². The highest BCUT2D eigenvalue weighted by Crippen LogP contribution is 2.32. The molecule has 0 radical (unpaired) electrons. The number of hydrogen-bond donors (Lipinski definition) is 2. The molecule has 2 aliphatic rings. The number of nitrogens with one attached hydrogen (secondary N) is 2. The summed E-state index contributed by atoms with van der Waals surface area (Å²) in [5.74, 6) is 0.965. The van der Waals surface area contributed by atoms with Crippen LogP contribution in [-0.2, 0) is 4.74 Å². The molecule has 0 aromatic heterocycles. The van der Waals surface area contributed by atoms with Crippen LogP contribution in [0.4, 0.5) is 0 Å². The zero-order chi connectivity index (χ0) is 11.4. The summed E-state index contributed by atoms with van der Waals surface area (Å²) in [5, 5.41) is 6.77. The van der Waals surface area contributed by atoms with Crippen LogP contribution in [-0.4, -0.2) is 49.3 Å². The highest BCUT2D eigenvalue weighted by molar-refractivity contribution is 14.0. The fourth-order valence-electron chi connectivity index (χ4n) is 2.10. The molecule has 2 heterocycles. The average Bonchev–Trinajstić information content (AvgIpc) is 2.74. The van der Waals surface area contributed by atoms with E-state index in [9.17, 15) is 0 Å². The van der Waals surface area contributed by atoms with E-state index in [1.54, 1.807) is 0 Å². The summed E-state index contributed by atoms with van der Waals surface area (Å²) in [4.78, 5) is 4.42. The largest absolute Gasteiger partial charge is 0.381 e. The lowest BCUT2D eigenvalue weighted by atomic mass is 9.99. The Morgan fingerprint density at radius 3 is 2.76 bits per heavy atom. The Kier molecular flexibility index (Phi) is 6.36. The van der Waals surface area contributed by atoms with Gasteiger partial charge in [0.15, 0.2) is 5.96 Å². The van der Waals surface area contributed by atoms with Gasteiger partial charge in [0.25, 0.3) is 0 Å². The second kappa shape index (κ2) is 7.04. The van der Waals surface area contributed by atoms with Gasteiger partial charge < -0.3 is 15.4 Å². The molecule has 6 heteroatoms. The van der Waals surface area contributed by atoms with Crippen LogP contribution in [0.1, 0.15) is 19.8 Å². The molecule has 2 N–H and O–H groups in total. The summed E-state index contributed by atoms with van der Waals surface area (Å²) in [6.07, 6.45) is 4.45. The molecule has 0 aromatic carbocycles. The van der Waals surface area contributed by atoms with Crippen LogP contribution in [0.2, 0.25) is 0 Å². The van der Waals surface area contributed by atoms with Crippen molar-refractivity contribution in [3.63, 3.8) is 0 Å². The number of nitrogens with zero attached hydrogens (tertiary/aromatic N) is 1. The van der Waals surface area contributed by atoms with Gasteiger partial charge in [-0.2, -0.15) is 11.8 Å². The number of rotatable bonds is 3. The molecule has 0 saturated carbocycles. The predicted octanol–water partition coefficient (Wildman–Crippen LogP) is 1.45. The smallest absolute Gasteiger partial charge is 0.191 e. The first-order chi connectivity index (χ1) is 7.74. The molecule has 0 amide bonds. The van der Waals surface area contributed by atoms with Gasteiger partial charge in [-0.1, -0.05) is 0 Å². The number of guanidine groups is 1. The van der Waals surface area contributed by atoms with Crippen molar-refractivity contribution in [2.75, 3.05) is 32.6 Å². The summed E-state index contributed by atoms with van der Waals surface area (Å²) >= 11 is 1.95. The van der Waals surface area contributed by atoms with E-state index in [-0.39, 0.29) is 24.0 Å². The molecule has 100 valence electrons. The third-order valence-corrected chi connectivity index (χ3v) is 4.74. The third-order valence-electron chi connectivity index (χ3n) is 3.32. The van der Waals surface area contributed by atoms with E-state index < -0.39 is 0 Å². The van der Waals surface area contributed by atoms with Gasteiger partial charge >= 0.3 is 0 Å². The number of thioether (sulfide) groups is 1. The molecule has 0 aromatic rings. The van der Waals surface area contributed by atoms with Crippen LogP contribution in [0.15, 0.2) is 4.99 Å². The molecular formula is C11H22IN3OS. The van der Waals surface area contributed by atoms with Crippen molar-refractivity contribution < 1.29 is 4.74 Å². The number of halogens is 1. The molecule has 2 rings (SSSR count). The highest BCUT2D eigenvalue weighted by Gasteiger charge is 2.32. The van der Waals surface area contributed by atoms with Crippen LogP contribution in [0.5, 0.6) is 0 Å². The quantitative estimate of drug-likeness (QED) is 0.738. The van der Waals surface area contributed by atoms with Crippen molar-refractivity contribution in [2.45, 2.75) is 30.6 Å². The van der Waals surface area contributed by atoms with Crippen LogP contribution in [0.25, 0.3) is 0 Å². The first kappa shape index (κ1) is 15.4. The standard InChI is InChI=1S/C11H21N3OS.HI/c1-9-7-12-10(14-9)13-8-11(16-2)3-5-15-6-4-11;/h9H,3-8H2,1-2H3,(H2,12,13,14);1H. The molecule has 1 saturated heterocycles. The normalized spacial score (nSPS) is 26.7. The molecular weight excluding hydrogens is 349 g/mol. The predicted molar refractivity (Wildman–Crippen MR) is 84.6 cm³/mol. The van der Waals surface area contributed by atoms with Gasteiger partial charge in [0.1, 0.15) is 0 Å². The van der Waals surface area contributed by atoms with Gasteiger partial charge in [0.05, 0.1) is 6.54 Å². The Hall–Kier alpha value is 0.310. The second-order valence-electron chi connectivity index (χ2n) is 4.59. The molecule has 1 atom stereocenters. The van der Waals surface area contributed by atoms with Crippen molar-refractivity contribution in [1.82, 2.24) is 10.6 Å². The fourth-order valence-corrected chi connectivity index (χ4v) is 2.89. The van der Waals surface area contributed by atoms with E-state index >= 15 is 0 Å². The maximum absolute atomic E-state index is 5.43. The monoisotopic (exact) mass is 371 g/mol. The summed E-state index contributed by atoms with van der Waals surface area (Å²) in [5.41, 5.74) is 0. The van der Waals surface area contributed by atoms with Crippen molar-refractivity contribution in [3.05, 3.63) is 0 Å². The van der Waals surface area contributed by atoms with E-state index in [4.69, 9.17) is 4.74 Å². The summed E-state index contributed by atoms with van der Waals surface area (Å²) in [6, 6.07) is 0.474. The van der Waals surface area contributed by atoms with Gasteiger partial charge in [0, 0.05) is 30.5 Å².